The molecule has 0 radical (unpaired) electrons. The molecule has 3 heterocycles. The average molecular weight is 393 g/mol. The molecule has 2 aromatic heterocycles. The monoisotopic (exact) mass is 393 g/mol. The van der Waals surface area contributed by atoms with Crippen LogP contribution in [0.2, 0.25) is 0 Å². The molecule has 10 heteroatoms. The number of anilines is 2. The second kappa shape index (κ2) is 6.69. The number of thiazole rings is 1. The normalized spacial score (nSPS) is 13.7. The van der Waals surface area contributed by atoms with E-state index in [1.807, 2.05) is 0 Å². The summed E-state index contributed by atoms with van der Waals surface area (Å²) in [6.07, 6.45) is -1.84. The maximum absolute atomic E-state index is 12.7. The molecule has 4 rings (SSSR count). The minimum Gasteiger partial charge on any atom is -0.368 e. The number of carbonyl (C=O) groups excluding carboxylic acids is 1. The largest absolute Gasteiger partial charge is 0.416 e. The average Bonchev–Trinajstić information content (AvgIpc) is 3.29. The highest BCUT2D eigenvalue weighted by atomic mass is 32.1. The number of fused-ring (bicyclic) bond motifs is 1. The molecule has 6 nitrogen and oxygen atoms in total. The molecule has 0 aliphatic carbocycles. The van der Waals surface area contributed by atoms with Crippen molar-refractivity contribution >= 4 is 28.7 Å². The van der Waals surface area contributed by atoms with Gasteiger partial charge in [-0.05, 0) is 18.6 Å². The fourth-order valence-electron chi connectivity index (χ4n) is 2.77. The van der Waals surface area contributed by atoms with Crippen molar-refractivity contribution in [3.8, 4) is 10.6 Å². The van der Waals surface area contributed by atoms with Crippen LogP contribution in [0, 0.1) is 0 Å². The quantitative estimate of drug-likeness (QED) is 0.703. The summed E-state index contributed by atoms with van der Waals surface area (Å²) in [5, 5.41) is 12.2. The first kappa shape index (κ1) is 17.5. The lowest BCUT2D eigenvalue weighted by Gasteiger charge is -2.16. The van der Waals surface area contributed by atoms with Crippen LogP contribution in [0.15, 0.2) is 35.8 Å². The van der Waals surface area contributed by atoms with Crippen LogP contribution >= 0.6 is 11.3 Å². The van der Waals surface area contributed by atoms with E-state index in [9.17, 15) is 18.0 Å². The van der Waals surface area contributed by atoms with Gasteiger partial charge in [0.2, 0.25) is 0 Å². The van der Waals surface area contributed by atoms with E-state index in [1.165, 1.54) is 23.5 Å². The number of rotatable bonds is 3. The summed E-state index contributed by atoms with van der Waals surface area (Å²) in [5.41, 5.74) is 0.574. The number of alkyl halides is 3. The minimum atomic E-state index is -4.38. The van der Waals surface area contributed by atoms with Crippen molar-refractivity contribution in [2.75, 3.05) is 17.2 Å². The number of hydrogen-bond acceptors (Lipinski definition) is 5. The molecule has 3 aromatic rings. The van der Waals surface area contributed by atoms with E-state index in [1.54, 1.807) is 16.3 Å². The highest BCUT2D eigenvalue weighted by Crippen LogP contribution is 2.32. The summed E-state index contributed by atoms with van der Waals surface area (Å²) in [4.78, 5) is 16.7. The summed E-state index contributed by atoms with van der Waals surface area (Å²) >= 11 is 1.20. The second-order valence-electron chi connectivity index (χ2n) is 5.98. The number of aryl methyl sites for hydroxylation is 1. The highest BCUT2D eigenvalue weighted by Gasteiger charge is 2.30. The van der Waals surface area contributed by atoms with Gasteiger partial charge in [-0.15, -0.1) is 11.3 Å². The van der Waals surface area contributed by atoms with Gasteiger partial charge in [0.15, 0.2) is 0 Å². The Labute approximate surface area is 156 Å². The molecule has 0 unspecified atom stereocenters. The standard InChI is InChI=1S/C17H14F3N5OS/c18-17(19,20)11-4-2-10(3-5-11)16-24-13(9-27-16)15(26)23-12-8-22-25-7-1-6-21-14(12)25/h2-5,8-9,21H,1,6-7H2,(H,23,26). The summed E-state index contributed by atoms with van der Waals surface area (Å²) < 4.78 is 39.7. The van der Waals surface area contributed by atoms with E-state index in [-0.39, 0.29) is 5.69 Å². The van der Waals surface area contributed by atoms with E-state index in [0.717, 1.165) is 37.5 Å². The first-order chi connectivity index (χ1) is 12.9. The molecule has 27 heavy (non-hydrogen) atoms. The molecule has 1 aromatic carbocycles. The third-order valence-corrected chi connectivity index (χ3v) is 5.01. The Morgan fingerprint density at radius 1 is 1.26 bits per heavy atom. The van der Waals surface area contributed by atoms with Crippen molar-refractivity contribution in [1.29, 1.82) is 0 Å². The van der Waals surface area contributed by atoms with Crippen molar-refractivity contribution in [1.82, 2.24) is 14.8 Å². The van der Waals surface area contributed by atoms with Crippen LogP contribution in [-0.4, -0.2) is 27.2 Å². The number of nitrogens with zero attached hydrogens (tertiary/aromatic N) is 3. The third-order valence-electron chi connectivity index (χ3n) is 4.12. The summed E-state index contributed by atoms with van der Waals surface area (Å²) in [6, 6.07) is 4.70. The van der Waals surface area contributed by atoms with Crippen molar-refractivity contribution in [2.24, 2.45) is 0 Å². The molecule has 0 bridgehead atoms. The van der Waals surface area contributed by atoms with Crippen LogP contribution in [0.1, 0.15) is 22.5 Å². The van der Waals surface area contributed by atoms with E-state index in [2.05, 4.69) is 20.7 Å². The first-order valence-corrected chi connectivity index (χ1v) is 9.04. The maximum Gasteiger partial charge on any atom is 0.416 e. The number of benzene rings is 1. The van der Waals surface area contributed by atoms with E-state index >= 15 is 0 Å². The minimum absolute atomic E-state index is 0.200. The zero-order valence-corrected chi connectivity index (χ0v) is 14.7. The SMILES string of the molecule is O=C(Nc1cnn2c1NCCC2)c1csc(-c2ccc(C(F)(F)F)cc2)n1. The maximum atomic E-state index is 12.7. The molecule has 140 valence electrons. The van der Waals surface area contributed by atoms with Gasteiger partial charge in [0.05, 0.1) is 11.8 Å². The van der Waals surface area contributed by atoms with Crippen LogP contribution in [-0.2, 0) is 12.7 Å². The van der Waals surface area contributed by atoms with Crippen molar-refractivity contribution in [3.63, 3.8) is 0 Å². The third kappa shape index (κ3) is 3.52. The molecule has 0 atom stereocenters. The molecule has 0 spiro atoms. The van der Waals surface area contributed by atoms with Crippen LogP contribution in [0.4, 0.5) is 24.7 Å². The zero-order chi connectivity index (χ0) is 19.0. The number of halogens is 3. The molecule has 0 fully saturated rings. The predicted molar refractivity (Wildman–Crippen MR) is 95.8 cm³/mol. The number of nitrogens with one attached hydrogen (secondary N) is 2. The Balaban J connectivity index is 1.50. The highest BCUT2D eigenvalue weighted by molar-refractivity contribution is 7.13. The topological polar surface area (TPSA) is 71.8 Å². The van der Waals surface area contributed by atoms with Gasteiger partial charge < -0.3 is 10.6 Å². The van der Waals surface area contributed by atoms with Crippen molar-refractivity contribution in [3.05, 3.63) is 47.1 Å². The Kier molecular flexibility index (Phi) is 4.34. The van der Waals surface area contributed by atoms with E-state index in [0.29, 0.717) is 16.3 Å². The summed E-state index contributed by atoms with van der Waals surface area (Å²) in [7, 11) is 0. The zero-order valence-electron chi connectivity index (χ0n) is 13.9. The van der Waals surface area contributed by atoms with Gasteiger partial charge in [-0.1, -0.05) is 12.1 Å². The predicted octanol–water partition coefficient (Wildman–Crippen LogP) is 4.09. The fourth-order valence-corrected chi connectivity index (χ4v) is 3.57. The lowest BCUT2D eigenvalue weighted by atomic mass is 10.1. The number of carbonyl (C=O) groups is 1. The molecular formula is C17H14F3N5OS. The number of aromatic nitrogens is 3. The van der Waals surface area contributed by atoms with Gasteiger partial charge in [0.25, 0.3) is 5.91 Å². The van der Waals surface area contributed by atoms with Crippen LogP contribution < -0.4 is 10.6 Å². The van der Waals surface area contributed by atoms with Crippen molar-refractivity contribution in [2.45, 2.75) is 19.1 Å². The van der Waals surface area contributed by atoms with Gasteiger partial charge in [0.1, 0.15) is 22.2 Å². The van der Waals surface area contributed by atoms with Gasteiger partial charge in [-0.2, -0.15) is 18.3 Å². The lowest BCUT2D eigenvalue weighted by molar-refractivity contribution is -0.137. The summed E-state index contributed by atoms with van der Waals surface area (Å²) in [6.45, 7) is 1.59. The van der Waals surface area contributed by atoms with Crippen LogP contribution in [0.5, 0.6) is 0 Å². The van der Waals surface area contributed by atoms with Crippen molar-refractivity contribution < 1.29 is 18.0 Å². The Bertz CT molecular complexity index is 977. The van der Waals surface area contributed by atoms with Crippen LogP contribution in [0.25, 0.3) is 10.6 Å². The molecule has 0 saturated heterocycles. The summed E-state index contributed by atoms with van der Waals surface area (Å²) in [5.74, 6) is 0.361. The Morgan fingerprint density at radius 3 is 2.78 bits per heavy atom. The molecule has 0 saturated carbocycles. The Hall–Kier alpha value is -2.88. The van der Waals surface area contributed by atoms with Gasteiger partial charge in [-0.3, -0.25) is 4.79 Å². The second-order valence-corrected chi connectivity index (χ2v) is 6.84. The Morgan fingerprint density at radius 2 is 2.04 bits per heavy atom. The van der Waals surface area contributed by atoms with Gasteiger partial charge >= 0.3 is 6.18 Å². The van der Waals surface area contributed by atoms with E-state index < -0.39 is 17.6 Å². The lowest BCUT2D eigenvalue weighted by Crippen LogP contribution is -2.19. The molecule has 1 amide bonds. The molecule has 1 aliphatic heterocycles. The van der Waals surface area contributed by atoms with E-state index in [4.69, 9.17) is 0 Å². The number of hydrogen-bond donors (Lipinski definition) is 2. The first-order valence-electron chi connectivity index (χ1n) is 8.16. The van der Waals surface area contributed by atoms with Crippen LogP contribution in [0.3, 0.4) is 0 Å². The van der Waals surface area contributed by atoms with Gasteiger partial charge in [-0.25, -0.2) is 9.67 Å². The molecular weight excluding hydrogens is 379 g/mol. The molecule has 2 N–H and O–H groups in total. The fraction of sp³-hybridized carbons (Fsp3) is 0.235. The molecule has 1 aliphatic rings. The smallest absolute Gasteiger partial charge is 0.368 e. The number of amides is 1. The van der Waals surface area contributed by atoms with Gasteiger partial charge in [0, 0.05) is 24.0 Å².